The quantitative estimate of drug-likeness (QED) is 0.663. The number of aromatic nitrogens is 1. The van der Waals surface area contributed by atoms with Crippen LogP contribution in [0.2, 0.25) is 0 Å². The molecule has 0 N–H and O–H groups in total. The highest BCUT2D eigenvalue weighted by molar-refractivity contribution is 5.91. The fourth-order valence-corrected chi connectivity index (χ4v) is 3.60. The fourth-order valence-electron chi connectivity index (χ4n) is 3.60. The van der Waals surface area contributed by atoms with Crippen molar-refractivity contribution in [1.82, 2.24) is 9.47 Å². The molecule has 0 saturated heterocycles. The Morgan fingerprint density at radius 1 is 1.22 bits per heavy atom. The topological polar surface area (TPSA) is 25.2 Å². The van der Waals surface area contributed by atoms with Gasteiger partial charge in [-0.15, -0.1) is 0 Å². The Labute approximate surface area is 164 Å². The molecule has 3 rings (SSSR count). The molecule has 1 aromatic carbocycles. The molecule has 3 nitrogen and oxygen atoms in total. The molecule has 0 spiro atoms. The van der Waals surface area contributed by atoms with E-state index in [1.165, 1.54) is 44.7 Å². The average Bonchev–Trinajstić information content (AvgIpc) is 3.03. The van der Waals surface area contributed by atoms with Gasteiger partial charge in [-0.25, -0.2) is 0 Å². The molecule has 1 aromatic heterocycles. The smallest absolute Gasteiger partial charge is 0.154 e. The molecule has 0 amide bonds. The van der Waals surface area contributed by atoms with Gasteiger partial charge in [0.05, 0.1) is 0 Å². The van der Waals surface area contributed by atoms with Gasteiger partial charge in [-0.3, -0.25) is 4.79 Å². The van der Waals surface area contributed by atoms with Crippen LogP contribution >= 0.6 is 0 Å². The van der Waals surface area contributed by atoms with Crippen molar-refractivity contribution >= 4 is 5.78 Å². The van der Waals surface area contributed by atoms with E-state index in [1.54, 1.807) is 18.2 Å². The van der Waals surface area contributed by atoms with Crippen LogP contribution in [0, 0.1) is 0 Å². The second-order valence-corrected chi connectivity index (χ2v) is 7.77. The van der Waals surface area contributed by atoms with E-state index in [-0.39, 0.29) is 5.78 Å². The molecule has 1 atom stereocenters. The number of fused-ring (bicyclic) bond motifs is 1. The fraction of sp³-hybridized carbons (Fsp3) is 0.458. The van der Waals surface area contributed by atoms with Crippen LogP contribution in [0.3, 0.4) is 0 Å². The number of carbonyl (C=O) groups is 1. The summed E-state index contributed by atoms with van der Waals surface area (Å²) in [6, 6.07) is 13.1. The van der Waals surface area contributed by atoms with Crippen molar-refractivity contribution in [1.29, 1.82) is 0 Å². The molecular weight excluding hydrogens is 332 g/mol. The van der Waals surface area contributed by atoms with Gasteiger partial charge in [0.15, 0.2) is 5.78 Å². The Morgan fingerprint density at radius 3 is 2.52 bits per heavy atom. The Hall–Kier alpha value is -2.13. The number of hydrogen-bond acceptors (Lipinski definition) is 2. The number of benzene rings is 1. The van der Waals surface area contributed by atoms with Gasteiger partial charge in [-0.2, -0.15) is 0 Å². The first-order valence-electron chi connectivity index (χ1n) is 9.91. The van der Waals surface area contributed by atoms with E-state index in [9.17, 15) is 4.79 Å². The van der Waals surface area contributed by atoms with Crippen LogP contribution in [-0.4, -0.2) is 28.8 Å². The first kappa shape index (κ1) is 21.2. The third kappa shape index (κ3) is 6.51. The van der Waals surface area contributed by atoms with E-state index in [0.717, 1.165) is 12.5 Å². The molecular formula is C24H34N2O. The molecule has 1 heterocycles. The average molecular weight is 367 g/mol. The minimum Gasteiger partial charge on any atom is -0.354 e. The van der Waals surface area contributed by atoms with Crippen molar-refractivity contribution in [3.8, 4) is 0 Å². The molecule has 3 heteroatoms. The zero-order valence-electron chi connectivity index (χ0n) is 17.4. The van der Waals surface area contributed by atoms with Gasteiger partial charge in [0.25, 0.3) is 0 Å². The van der Waals surface area contributed by atoms with Gasteiger partial charge in [0.1, 0.15) is 0 Å². The number of hydrogen-bond donors (Lipinski definition) is 0. The lowest BCUT2D eigenvalue weighted by Crippen LogP contribution is -2.22. The van der Waals surface area contributed by atoms with Crippen molar-refractivity contribution in [2.45, 2.75) is 52.0 Å². The number of nitrogens with zero attached hydrogens (tertiary/aromatic N) is 2. The number of allylic oxidation sites excluding steroid dienone is 1. The summed E-state index contributed by atoms with van der Waals surface area (Å²) in [6.07, 6.45) is 7.47. The maximum Gasteiger partial charge on any atom is 0.154 e. The molecule has 0 aliphatic heterocycles. The Balaban J connectivity index is 0.000000380. The summed E-state index contributed by atoms with van der Waals surface area (Å²) in [5.74, 6) is 0.822. The summed E-state index contributed by atoms with van der Waals surface area (Å²) in [4.78, 5) is 12.5. The normalized spacial score (nSPS) is 15.7. The van der Waals surface area contributed by atoms with E-state index in [1.807, 2.05) is 0 Å². The van der Waals surface area contributed by atoms with Gasteiger partial charge in [0.2, 0.25) is 0 Å². The van der Waals surface area contributed by atoms with Crippen LogP contribution < -0.4 is 0 Å². The lowest BCUT2D eigenvalue weighted by molar-refractivity contribution is -0.113. The maximum atomic E-state index is 10.0. The summed E-state index contributed by atoms with van der Waals surface area (Å²) in [7, 11) is 4.42. The Kier molecular flexibility index (Phi) is 8.05. The van der Waals surface area contributed by atoms with E-state index < -0.39 is 0 Å². The van der Waals surface area contributed by atoms with Gasteiger partial charge in [0, 0.05) is 25.5 Å². The van der Waals surface area contributed by atoms with Crippen molar-refractivity contribution in [3.63, 3.8) is 0 Å². The molecule has 1 aliphatic rings. The minimum absolute atomic E-state index is 0.0648. The summed E-state index contributed by atoms with van der Waals surface area (Å²) in [5.41, 5.74) is 5.20. The van der Waals surface area contributed by atoms with Crippen molar-refractivity contribution in [2.24, 2.45) is 7.05 Å². The summed E-state index contributed by atoms with van der Waals surface area (Å²) in [6.45, 7) is 8.83. The second-order valence-electron chi connectivity index (χ2n) is 7.77. The van der Waals surface area contributed by atoms with E-state index in [2.05, 4.69) is 72.7 Å². The molecule has 27 heavy (non-hydrogen) atoms. The zero-order chi connectivity index (χ0) is 19.8. The number of ketones is 1. The van der Waals surface area contributed by atoms with Gasteiger partial charge >= 0.3 is 0 Å². The summed E-state index contributed by atoms with van der Waals surface area (Å²) < 4.78 is 2.31. The van der Waals surface area contributed by atoms with Crippen LogP contribution in [0.15, 0.2) is 54.7 Å². The first-order valence-corrected chi connectivity index (χ1v) is 9.91. The number of rotatable bonds is 6. The highest BCUT2D eigenvalue weighted by Gasteiger charge is 2.22. The number of carbonyl (C=O) groups excluding carboxylic acids is 1. The largest absolute Gasteiger partial charge is 0.354 e. The van der Waals surface area contributed by atoms with Crippen LogP contribution in [-0.2, 0) is 24.8 Å². The number of Topliss-reactive ketones (excluding diaryl/α,β-unsaturated/α-hetero) is 1. The molecule has 146 valence electrons. The van der Waals surface area contributed by atoms with E-state index >= 15 is 0 Å². The number of aryl methyl sites for hydroxylation is 1. The van der Waals surface area contributed by atoms with Crippen molar-refractivity contribution in [3.05, 3.63) is 71.6 Å². The summed E-state index contributed by atoms with van der Waals surface area (Å²) >= 11 is 0. The highest BCUT2D eigenvalue weighted by Crippen LogP contribution is 2.34. The molecule has 2 aromatic rings. The molecule has 0 radical (unpaired) electrons. The van der Waals surface area contributed by atoms with Gasteiger partial charge in [-0.05, 0) is 81.8 Å². The highest BCUT2D eigenvalue weighted by atomic mass is 16.1. The first-order chi connectivity index (χ1) is 12.9. The third-order valence-corrected chi connectivity index (χ3v) is 5.40. The van der Waals surface area contributed by atoms with Crippen LogP contribution in [0.4, 0.5) is 0 Å². The molecule has 0 saturated carbocycles. The van der Waals surface area contributed by atoms with Gasteiger partial charge < -0.3 is 9.47 Å². The SMILES string of the molecule is C=C(C)C(C)=O.CN(CCC1CCCc2c1ccn2C)Cc1ccccc1. The standard InChI is InChI=1S/C19H26N2.C5H8O/c1-20(15-16-7-4-3-5-8-16)13-11-17-9-6-10-19-18(17)12-14-21(19)2;1-4(2)5(3)6/h3-5,7-8,12,14,17H,6,9-11,13,15H2,1-2H3;1H2,2-3H3. The maximum absolute atomic E-state index is 10.0. The van der Waals surface area contributed by atoms with Gasteiger partial charge in [-0.1, -0.05) is 36.9 Å². The van der Waals surface area contributed by atoms with E-state index in [4.69, 9.17) is 0 Å². The second kappa shape index (κ2) is 10.3. The predicted octanol–water partition coefficient (Wildman–Crippen LogP) is 5.12. The van der Waals surface area contributed by atoms with Crippen LogP contribution in [0.5, 0.6) is 0 Å². The van der Waals surface area contributed by atoms with E-state index in [0.29, 0.717) is 5.57 Å². The lowest BCUT2D eigenvalue weighted by atomic mass is 9.84. The molecule has 0 fully saturated rings. The summed E-state index contributed by atoms with van der Waals surface area (Å²) in [5, 5.41) is 0. The van der Waals surface area contributed by atoms with Crippen molar-refractivity contribution < 1.29 is 4.79 Å². The molecule has 1 aliphatic carbocycles. The molecule has 0 bridgehead atoms. The van der Waals surface area contributed by atoms with Crippen molar-refractivity contribution in [2.75, 3.05) is 13.6 Å². The minimum atomic E-state index is 0.0648. The predicted molar refractivity (Wildman–Crippen MR) is 114 cm³/mol. The monoisotopic (exact) mass is 366 g/mol. The van der Waals surface area contributed by atoms with Crippen LogP contribution in [0.25, 0.3) is 0 Å². The Morgan fingerprint density at radius 2 is 1.89 bits per heavy atom. The zero-order valence-corrected chi connectivity index (χ0v) is 17.4. The van der Waals surface area contributed by atoms with Crippen LogP contribution in [0.1, 0.15) is 55.8 Å². The lowest BCUT2D eigenvalue weighted by Gasteiger charge is -2.26. The molecule has 1 unspecified atom stereocenters. The Bertz CT molecular complexity index is 733. The third-order valence-electron chi connectivity index (χ3n) is 5.40.